The molecule has 20 heavy (non-hydrogen) atoms. The molecule has 3 amide bonds. The lowest BCUT2D eigenvalue weighted by Gasteiger charge is -2.31. The van der Waals surface area contributed by atoms with E-state index in [-0.39, 0.29) is 5.69 Å². The lowest BCUT2D eigenvalue weighted by Crippen LogP contribution is -2.51. The van der Waals surface area contributed by atoms with Gasteiger partial charge in [0.1, 0.15) is 5.82 Å². The molecule has 6 nitrogen and oxygen atoms in total. The van der Waals surface area contributed by atoms with E-state index in [1.54, 1.807) is 6.07 Å². The van der Waals surface area contributed by atoms with Gasteiger partial charge in [0.25, 0.3) is 0 Å². The topological polar surface area (TPSA) is 69.7 Å². The zero-order valence-electron chi connectivity index (χ0n) is 10.7. The lowest BCUT2D eigenvalue weighted by molar-refractivity contribution is -0.144. The molecule has 0 unspecified atom stereocenters. The summed E-state index contributed by atoms with van der Waals surface area (Å²) in [5, 5.41) is 2.24. The van der Waals surface area contributed by atoms with Crippen LogP contribution >= 0.6 is 0 Å². The van der Waals surface area contributed by atoms with Crippen molar-refractivity contribution in [3.05, 3.63) is 30.1 Å². The summed E-state index contributed by atoms with van der Waals surface area (Å²) in [6.07, 6.45) is 0.710. The first-order valence-corrected chi connectivity index (χ1v) is 6.16. The van der Waals surface area contributed by atoms with Gasteiger partial charge in [-0.05, 0) is 12.1 Å². The monoisotopic (exact) mass is 279 g/mol. The van der Waals surface area contributed by atoms with Crippen LogP contribution in [-0.4, -0.2) is 54.2 Å². The van der Waals surface area contributed by atoms with Gasteiger partial charge in [0.2, 0.25) is 6.41 Å². The summed E-state index contributed by atoms with van der Waals surface area (Å²) in [7, 11) is 0. The number of anilines is 1. The molecule has 1 N–H and O–H groups in total. The molecule has 1 aromatic carbocycles. The molecule has 1 aliphatic rings. The molecule has 0 aromatic heterocycles. The number of rotatable bonds is 2. The minimum absolute atomic E-state index is 0.0302. The van der Waals surface area contributed by atoms with E-state index in [1.807, 2.05) is 0 Å². The van der Waals surface area contributed by atoms with Gasteiger partial charge in [-0.25, -0.2) is 4.39 Å². The third-order valence-electron chi connectivity index (χ3n) is 3.07. The van der Waals surface area contributed by atoms with Gasteiger partial charge in [0, 0.05) is 26.2 Å². The van der Waals surface area contributed by atoms with Crippen molar-refractivity contribution in [1.29, 1.82) is 0 Å². The van der Waals surface area contributed by atoms with E-state index in [0.717, 1.165) is 0 Å². The Morgan fingerprint density at radius 1 is 1.15 bits per heavy atom. The van der Waals surface area contributed by atoms with Crippen LogP contribution in [0.3, 0.4) is 0 Å². The summed E-state index contributed by atoms with van der Waals surface area (Å²) in [4.78, 5) is 37.1. The Labute approximate surface area is 115 Å². The number of nitrogens with zero attached hydrogens (tertiary/aromatic N) is 2. The average molecular weight is 279 g/mol. The van der Waals surface area contributed by atoms with Crippen LogP contribution < -0.4 is 5.32 Å². The number of piperazine rings is 1. The molecule has 0 spiro atoms. The number of hydrogen-bond acceptors (Lipinski definition) is 3. The molecule has 0 atom stereocenters. The fourth-order valence-electron chi connectivity index (χ4n) is 1.91. The minimum atomic E-state index is -0.880. The molecule has 1 heterocycles. The SMILES string of the molecule is O=CN1CCN(C(=O)C(=O)Nc2ccccc2F)CC1. The van der Waals surface area contributed by atoms with Crippen molar-refractivity contribution in [3.8, 4) is 0 Å². The maximum atomic E-state index is 13.4. The maximum Gasteiger partial charge on any atom is 0.313 e. The van der Waals surface area contributed by atoms with E-state index in [4.69, 9.17) is 0 Å². The summed E-state index contributed by atoms with van der Waals surface area (Å²) in [5.74, 6) is -2.20. The van der Waals surface area contributed by atoms with Gasteiger partial charge in [-0.1, -0.05) is 12.1 Å². The number of benzene rings is 1. The van der Waals surface area contributed by atoms with Crippen molar-refractivity contribution < 1.29 is 18.8 Å². The number of para-hydroxylation sites is 1. The Hall–Kier alpha value is -2.44. The molecule has 106 valence electrons. The Morgan fingerprint density at radius 3 is 2.40 bits per heavy atom. The van der Waals surface area contributed by atoms with E-state index >= 15 is 0 Å². The first-order chi connectivity index (χ1) is 9.61. The highest BCUT2D eigenvalue weighted by Gasteiger charge is 2.25. The summed E-state index contributed by atoms with van der Waals surface area (Å²) >= 11 is 0. The standard InChI is InChI=1S/C13H14FN3O3/c14-10-3-1-2-4-11(10)15-12(19)13(20)17-7-5-16(9-18)6-8-17/h1-4,9H,5-8H2,(H,15,19). The Morgan fingerprint density at radius 2 is 1.80 bits per heavy atom. The molecule has 2 rings (SSSR count). The van der Waals surface area contributed by atoms with Crippen molar-refractivity contribution in [3.63, 3.8) is 0 Å². The third-order valence-corrected chi connectivity index (χ3v) is 3.07. The van der Waals surface area contributed by atoms with Crippen LogP contribution in [0.25, 0.3) is 0 Å². The van der Waals surface area contributed by atoms with Gasteiger partial charge in [0.05, 0.1) is 5.69 Å². The largest absolute Gasteiger partial charge is 0.342 e. The van der Waals surface area contributed by atoms with E-state index in [2.05, 4.69) is 5.32 Å². The molecule has 0 bridgehead atoms. The second-order valence-corrected chi connectivity index (χ2v) is 4.37. The van der Waals surface area contributed by atoms with Gasteiger partial charge in [0.15, 0.2) is 0 Å². The van der Waals surface area contributed by atoms with Crippen LogP contribution in [-0.2, 0) is 14.4 Å². The molecule has 1 fully saturated rings. The van der Waals surface area contributed by atoms with Crippen LogP contribution in [0.4, 0.5) is 10.1 Å². The highest BCUT2D eigenvalue weighted by Crippen LogP contribution is 2.12. The van der Waals surface area contributed by atoms with Crippen LogP contribution in [0, 0.1) is 5.82 Å². The summed E-state index contributed by atoms with van der Waals surface area (Å²) in [5.41, 5.74) is -0.0302. The van der Waals surface area contributed by atoms with Crippen molar-refractivity contribution in [1.82, 2.24) is 9.80 Å². The second-order valence-electron chi connectivity index (χ2n) is 4.37. The molecule has 0 aliphatic carbocycles. The normalized spacial score (nSPS) is 14.8. The number of hydrogen-bond donors (Lipinski definition) is 1. The number of carbonyl (C=O) groups is 3. The van der Waals surface area contributed by atoms with E-state index in [0.29, 0.717) is 32.6 Å². The van der Waals surface area contributed by atoms with Gasteiger partial charge in [-0.15, -0.1) is 0 Å². The van der Waals surface area contributed by atoms with Gasteiger partial charge >= 0.3 is 11.8 Å². The van der Waals surface area contributed by atoms with E-state index in [1.165, 1.54) is 28.0 Å². The molecule has 0 radical (unpaired) electrons. The predicted molar refractivity (Wildman–Crippen MR) is 69.2 cm³/mol. The van der Waals surface area contributed by atoms with Crippen molar-refractivity contribution in [2.75, 3.05) is 31.5 Å². The molecular formula is C13H14FN3O3. The second kappa shape index (κ2) is 6.14. The molecule has 1 aromatic rings. The molecular weight excluding hydrogens is 265 g/mol. The fourth-order valence-corrected chi connectivity index (χ4v) is 1.91. The summed E-state index contributed by atoms with van der Waals surface area (Å²) in [6.45, 7) is 1.37. The summed E-state index contributed by atoms with van der Waals surface area (Å²) < 4.78 is 13.4. The van der Waals surface area contributed by atoms with Crippen molar-refractivity contribution in [2.45, 2.75) is 0 Å². The number of halogens is 1. The van der Waals surface area contributed by atoms with Crippen molar-refractivity contribution in [2.24, 2.45) is 0 Å². The van der Waals surface area contributed by atoms with Crippen LogP contribution in [0.15, 0.2) is 24.3 Å². The Kier molecular flexibility index (Phi) is 4.29. The van der Waals surface area contributed by atoms with Crippen LogP contribution in [0.1, 0.15) is 0 Å². The quantitative estimate of drug-likeness (QED) is 0.615. The van der Waals surface area contributed by atoms with Crippen molar-refractivity contribution >= 4 is 23.9 Å². The molecule has 7 heteroatoms. The third kappa shape index (κ3) is 3.11. The number of nitrogens with one attached hydrogen (secondary N) is 1. The van der Waals surface area contributed by atoms with Gasteiger partial charge in [-0.2, -0.15) is 0 Å². The first kappa shape index (κ1) is 14.0. The zero-order chi connectivity index (χ0) is 14.5. The highest BCUT2D eigenvalue weighted by atomic mass is 19.1. The van der Waals surface area contributed by atoms with Crippen LogP contribution in [0.2, 0.25) is 0 Å². The van der Waals surface area contributed by atoms with E-state index in [9.17, 15) is 18.8 Å². The zero-order valence-corrected chi connectivity index (χ0v) is 10.7. The number of carbonyl (C=O) groups excluding carboxylic acids is 3. The smallest absolute Gasteiger partial charge is 0.313 e. The predicted octanol–water partition coefficient (Wildman–Crippen LogP) is 0.0648. The maximum absolute atomic E-state index is 13.4. The fraction of sp³-hybridized carbons (Fsp3) is 0.308. The van der Waals surface area contributed by atoms with Crippen LogP contribution in [0.5, 0.6) is 0 Å². The van der Waals surface area contributed by atoms with Gasteiger partial charge < -0.3 is 15.1 Å². The Bertz CT molecular complexity index is 527. The average Bonchev–Trinajstić information content (AvgIpc) is 2.49. The first-order valence-electron chi connectivity index (χ1n) is 6.16. The Balaban J connectivity index is 1.94. The van der Waals surface area contributed by atoms with E-state index < -0.39 is 17.6 Å². The van der Waals surface area contributed by atoms with Gasteiger partial charge in [-0.3, -0.25) is 14.4 Å². The molecule has 1 saturated heterocycles. The lowest BCUT2D eigenvalue weighted by atomic mass is 10.3. The molecule has 1 aliphatic heterocycles. The highest BCUT2D eigenvalue weighted by molar-refractivity contribution is 6.39. The molecule has 0 saturated carbocycles. The summed E-state index contributed by atoms with van der Waals surface area (Å²) in [6, 6.07) is 5.63. The minimum Gasteiger partial charge on any atom is -0.342 e. The number of amides is 3.